The van der Waals surface area contributed by atoms with Crippen molar-refractivity contribution in [2.24, 2.45) is 0 Å². The zero-order valence-corrected chi connectivity index (χ0v) is 13.5. The van der Waals surface area contributed by atoms with Crippen molar-refractivity contribution in [2.45, 2.75) is 32.7 Å². The van der Waals surface area contributed by atoms with Gasteiger partial charge in [0.2, 0.25) is 0 Å². The van der Waals surface area contributed by atoms with E-state index in [1.54, 1.807) is 13.3 Å². The van der Waals surface area contributed by atoms with Gasteiger partial charge in [0.25, 0.3) is 5.56 Å². The van der Waals surface area contributed by atoms with Crippen molar-refractivity contribution < 1.29 is 9.47 Å². The second kappa shape index (κ2) is 10.6. The molecule has 0 saturated carbocycles. The van der Waals surface area contributed by atoms with Gasteiger partial charge in [0, 0.05) is 26.9 Å². The van der Waals surface area contributed by atoms with E-state index in [1.807, 2.05) is 0 Å². The van der Waals surface area contributed by atoms with Gasteiger partial charge in [-0.05, 0) is 12.8 Å². The van der Waals surface area contributed by atoms with Crippen molar-refractivity contribution in [3.05, 3.63) is 21.6 Å². The van der Waals surface area contributed by atoms with Crippen LogP contribution in [0.2, 0.25) is 5.02 Å². The molecule has 0 amide bonds. The Morgan fingerprint density at radius 2 is 2.10 bits per heavy atom. The standard InChI is InChI=1S/C14H24ClN3O3/c1-3-4-8-21-9-5-6-16-12-11-17-18(7-10-20-2)14(19)13(12)15/h11,16H,3-10H2,1-2H3. The Balaban J connectivity index is 2.38. The first-order valence-electron chi connectivity index (χ1n) is 7.26. The smallest absolute Gasteiger partial charge is 0.287 e. The number of anilines is 1. The van der Waals surface area contributed by atoms with Gasteiger partial charge in [0.15, 0.2) is 0 Å². The lowest BCUT2D eigenvalue weighted by atomic mass is 10.3. The summed E-state index contributed by atoms with van der Waals surface area (Å²) in [6.07, 6.45) is 4.64. The lowest BCUT2D eigenvalue weighted by Crippen LogP contribution is -2.26. The average Bonchev–Trinajstić information content (AvgIpc) is 2.49. The van der Waals surface area contributed by atoms with Crippen LogP contribution in [0.1, 0.15) is 26.2 Å². The molecule has 7 heteroatoms. The highest BCUT2D eigenvalue weighted by atomic mass is 35.5. The van der Waals surface area contributed by atoms with Crippen LogP contribution in [0.3, 0.4) is 0 Å². The first kappa shape index (κ1) is 17.9. The molecule has 1 aromatic rings. The van der Waals surface area contributed by atoms with Gasteiger partial charge in [-0.15, -0.1) is 0 Å². The van der Waals surface area contributed by atoms with Gasteiger partial charge >= 0.3 is 0 Å². The van der Waals surface area contributed by atoms with Crippen LogP contribution in [-0.2, 0) is 16.0 Å². The molecule has 0 saturated heterocycles. The Morgan fingerprint density at radius 1 is 1.33 bits per heavy atom. The summed E-state index contributed by atoms with van der Waals surface area (Å²) >= 11 is 6.05. The number of nitrogens with zero attached hydrogens (tertiary/aromatic N) is 2. The molecule has 1 N–H and O–H groups in total. The molecule has 0 aromatic carbocycles. The molecule has 0 atom stereocenters. The van der Waals surface area contributed by atoms with Crippen LogP contribution in [-0.4, -0.2) is 43.3 Å². The zero-order valence-electron chi connectivity index (χ0n) is 12.7. The van der Waals surface area contributed by atoms with Crippen molar-refractivity contribution in [2.75, 3.05) is 38.8 Å². The van der Waals surface area contributed by atoms with E-state index in [4.69, 9.17) is 21.1 Å². The third-order valence-corrected chi connectivity index (χ3v) is 3.28. The van der Waals surface area contributed by atoms with Gasteiger partial charge < -0.3 is 14.8 Å². The van der Waals surface area contributed by atoms with Gasteiger partial charge in [-0.3, -0.25) is 4.79 Å². The van der Waals surface area contributed by atoms with Crippen molar-refractivity contribution in [3.63, 3.8) is 0 Å². The van der Waals surface area contributed by atoms with Gasteiger partial charge in [-0.1, -0.05) is 24.9 Å². The van der Waals surface area contributed by atoms with Crippen molar-refractivity contribution in [3.8, 4) is 0 Å². The number of ether oxygens (including phenoxy) is 2. The summed E-state index contributed by atoms with van der Waals surface area (Å²) in [5, 5.41) is 7.33. The fraction of sp³-hybridized carbons (Fsp3) is 0.714. The van der Waals surface area contributed by atoms with Crippen LogP contribution in [0.4, 0.5) is 5.69 Å². The van der Waals surface area contributed by atoms with Crippen LogP contribution in [0, 0.1) is 0 Å². The molecule has 0 bridgehead atoms. The number of methoxy groups -OCH3 is 1. The number of unbranched alkanes of at least 4 members (excludes halogenated alkanes) is 1. The van der Waals surface area contributed by atoms with Gasteiger partial charge in [-0.25, -0.2) is 4.68 Å². The van der Waals surface area contributed by atoms with E-state index in [2.05, 4.69) is 17.3 Å². The third-order valence-electron chi connectivity index (χ3n) is 2.92. The minimum Gasteiger partial charge on any atom is -0.383 e. The Morgan fingerprint density at radius 3 is 2.81 bits per heavy atom. The molecule has 0 aliphatic rings. The van der Waals surface area contributed by atoms with E-state index in [0.717, 1.165) is 25.9 Å². The Labute approximate surface area is 130 Å². The lowest BCUT2D eigenvalue weighted by Gasteiger charge is -2.10. The van der Waals surface area contributed by atoms with E-state index < -0.39 is 0 Å². The molecular weight excluding hydrogens is 294 g/mol. The summed E-state index contributed by atoms with van der Waals surface area (Å²) in [5.74, 6) is 0. The quantitative estimate of drug-likeness (QED) is 0.634. The van der Waals surface area contributed by atoms with E-state index in [-0.39, 0.29) is 10.6 Å². The van der Waals surface area contributed by atoms with Crippen LogP contribution in [0.25, 0.3) is 0 Å². The zero-order chi connectivity index (χ0) is 15.5. The molecule has 1 rings (SSSR count). The molecule has 1 heterocycles. The molecular formula is C14H24ClN3O3. The summed E-state index contributed by atoms with van der Waals surface area (Å²) in [4.78, 5) is 12.0. The highest BCUT2D eigenvalue weighted by Gasteiger charge is 2.08. The molecule has 1 aromatic heterocycles. The summed E-state index contributed by atoms with van der Waals surface area (Å²) in [7, 11) is 1.57. The molecule has 120 valence electrons. The lowest BCUT2D eigenvalue weighted by molar-refractivity contribution is 0.131. The molecule has 0 spiro atoms. The van der Waals surface area contributed by atoms with E-state index in [9.17, 15) is 4.79 Å². The summed E-state index contributed by atoms with van der Waals surface area (Å²) in [5.41, 5.74) is 0.252. The van der Waals surface area contributed by atoms with Crippen LogP contribution < -0.4 is 10.9 Å². The maximum absolute atomic E-state index is 12.0. The average molecular weight is 318 g/mol. The maximum Gasteiger partial charge on any atom is 0.287 e. The number of aromatic nitrogens is 2. The van der Waals surface area contributed by atoms with Crippen molar-refractivity contribution in [1.29, 1.82) is 0 Å². The fourth-order valence-corrected chi connectivity index (χ4v) is 1.88. The number of halogens is 1. The number of hydrogen-bond acceptors (Lipinski definition) is 5. The van der Waals surface area contributed by atoms with E-state index >= 15 is 0 Å². The number of rotatable bonds is 11. The normalized spacial score (nSPS) is 10.8. The first-order valence-corrected chi connectivity index (χ1v) is 7.64. The van der Waals surface area contributed by atoms with Crippen LogP contribution >= 0.6 is 11.6 Å². The molecule has 0 fully saturated rings. The minimum atomic E-state index is -0.307. The van der Waals surface area contributed by atoms with Crippen molar-refractivity contribution in [1.82, 2.24) is 9.78 Å². The minimum absolute atomic E-state index is 0.160. The molecule has 0 aliphatic heterocycles. The van der Waals surface area contributed by atoms with E-state index in [1.165, 1.54) is 4.68 Å². The maximum atomic E-state index is 12.0. The second-order valence-electron chi connectivity index (χ2n) is 4.64. The fourth-order valence-electron chi connectivity index (χ4n) is 1.67. The summed E-state index contributed by atoms with van der Waals surface area (Å²) in [6, 6.07) is 0. The summed E-state index contributed by atoms with van der Waals surface area (Å²) < 4.78 is 11.7. The Bertz CT molecular complexity index is 465. The predicted octanol–water partition coefficient (Wildman–Crippen LogP) is 2.16. The van der Waals surface area contributed by atoms with Crippen LogP contribution in [0.5, 0.6) is 0 Å². The molecule has 6 nitrogen and oxygen atoms in total. The highest BCUT2D eigenvalue weighted by molar-refractivity contribution is 6.32. The van der Waals surface area contributed by atoms with Gasteiger partial charge in [0.05, 0.1) is 25.0 Å². The topological polar surface area (TPSA) is 65.4 Å². The Hall–Kier alpha value is -1.11. The SMILES string of the molecule is CCCCOCCCNc1cnn(CCOC)c(=O)c1Cl. The number of nitrogens with one attached hydrogen (secondary N) is 1. The van der Waals surface area contributed by atoms with E-state index in [0.29, 0.717) is 32.0 Å². The second-order valence-corrected chi connectivity index (χ2v) is 5.02. The molecule has 21 heavy (non-hydrogen) atoms. The van der Waals surface area contributed by atoms with Gasteiger partial charge in [-0.2, -0.15) is 5.10 Å². The molecule has 0 unspecified atom stereocenters. The predicted molar refractivity (Wildman–Crippen MR) is 84.2 cm³/mol. The number of hydrogen-bond donors (Lipinski definition) is 1. The molecule has 0 aliphatic carbocycles. The largest absolute Gasteiger partial charge is 0.383 e. The molecule has 0 radical (unpaired) electrons. The highest BCUT2D eigenvalue weighted by Crippen LogP contribution is 2.14. The third kappa shape index (κ3) is 6.46. The Kier molecular flexibility index (Phi) is 9.05. The monoisotopic (exact) mass is 317 g/mol. The van der Waals surface area contributed by atoms with Crippen LogP contribution in [0.15, 0.2) is 11.0 Å². The first-order chi connectivity index (χ1) is 10.2. The van der Waals surface area contributed by atoms with Crippen molar-refractivity contribution >= 4 is 17.3 Å². The van der Waals surface area contributed by atoms with Gasteiger partial charge in [0.1, 0.15) is 5.02 Å². The summed E-state index contributed by atoms with van der Waals surface area (Å²) in [6.45, 7) is 5.13.